The molecule has 1 amide bonds. The predicted molar refractivity (Wildman–Crippen MR) is 282 cm³/mol. The molecule has 0 saturated carbocycles. The molecule has 0 aromatic heterocycles. The molecule has 1 rings (SSSR count). The highest BCUT2D eigenvalue weighted by Crippen LogP contribution is 2.26. The van der Waals surface area contributed by atoms with Crippen molar-refractivity contribution in [2.45, 2.75) is 256 Å². The number of rotatable bonds is 44. The average molecular weight is 970 g/mol. The second kappa shape index (κ2) is 45.9. The minimum absolute atomic E-state index is 0.0722. The van der Waals surface area contributed by atoms with E-state index in [9.17, 15) is 35.1 Å². The van der Waals surface area contributed by atoms with Gasteiger partial charge in [0.15, 0.2) is 12.4 Å². The summed E-state index contributed by atoms with van der Waals surface area (Å²) in [5.41, 5.74) is 0. The SMILES string of the molecule is CC/C=C/C=C/C=C\C=C/CCCCCC(=O)OC1C(OCC(NC(=O)C(O)CCCCCCC/C=C/C=C/CCCCC)C(O)/C=C/CCCCCCCCCCCCC)OC(CO)C(O)C1O. The number of aliphatic hydroxyl groups excluding tert-OH is 5. The topological polar surface area (TPSA) is 175 Å². The zero-order valence-corrected chi connectivity index (χ0v) is 43.4. The van der Waals surface area contributed by atoms with Gasteiger partial charge in [-0.2, -0.15) is 0 Å². The quantitative estimate of drug-likeness (QED) is 0.0149. The zero-order chi connectivity index (χ0) is 50.4. The van der Waals surface area contributed by atoms with Crippen LogP contribution in [-0.2, 0) is 23.8 Å². The standard InChI is InChI=1S/C58H99NO10/c1-4-7-10-13-16-19-22-25-28-30-33-36-39-42-45-51(62)57(66)59-49(50(61)44-41-38-35-32-29-26-23-20-17-14-11-8-5-2)48-67-58-56(55(65)54(64)52(47-60)68-58)69-53(63)46-43-40-37-34-31-27-24-21-18-15-12-9-6-3/h9,12,15-16,18-19,21-22,24-25,27,31,41,44,49-52,54-56,58,60-62,64-65H,4-8,10-11,13-14,17,20,23,26,28-30,32-40,42-43,45-48H2,1-3H3,(H,59,66)/b12-9+,18-15+,19-16+,24-21-,25-22+,31-27-,44-41+. The van der Waals surface area contributed by atoms with Crippen molar-refractivity contribution < 1.29 is 49.3 Å². The molecule has 11 nitrogen and oxygen atoms in total. The molecule has 1 saturated heterocycles. The number of amides is 1. The molecular weight excluding hydrogens is 871 g/mol. The van der Waals surface area contributed by atoms with Crippen LogP contribution in [0.3, 0.4) is 0 Å². The summed E-state index contributed by atoms with van der Waals surface area (Å²) in [4.78, 5) is 26.4. The molecule has 0 aromatic carbocycles. The first-order valence-corrected chi connectivity index (χ1v) is 27.4. The van der Waals surface area contributed by atoms with Crippen LogP contribution in [0.2, 0.25) is 0 Å². The van der Waals surface area contributed by atoms with E-state index in [-0.39, 0.29) is 19.4 Å². The van der Waals surface area contributed by atoms with Gasteiger partial charge in [-0.1, -0.05) is 215 Å². The van der Waals surface area contributed by atoms with Crippen molar-refractivity contribution in [1.29, 1.82) is 0 Å². The number of hydrogen-bond acceptors (Lipinski definition) is 10. The summed E-state index contributed by atoms with van der Waals surface area (Å²) < 4.78 is 17.5. The van der Waals surface area contributed by atoms with Crippen molar-refractivity contribution in [2.24, 2.45) is 0 Å². The molecule has 396 valence electrons. The van der Waals surface area contributed by atoms with Crippen LogP contribution in [0, 0.1) is 0 Å². The van der Waals surface area contributed by atoms with Crippen molar-refractivity contribution in [3.8, 4) is 0 Å². The Balaban J connectivity index is 2.81. The van der Waals surface area contributed by atoms with Gasteiger partial charge in [0.2, 0.25) is 5.91 Å². The lowest BCUT2D eigenvalue weighted by atomic mass is 9.99. The van der Waals surface area contributed by atoms with E-state index < -0.39 is 67.4 Å². The summed E-state index contributed by atoms with van der Waals surface area (Å²) in [5, 5.41) is 56.7. The Morgan fingerprint density at radius 1 is 0.580 bits per heavy atom. The molecule has 1 aliphatic rings. The number of carbonyl (C=O) groups is 2. The van der Waals surface area contributed by atoms with Crippen LogP contribution in [0.25, 0.3) is 0 Å². The molecule has 0 spiro atoms. The van der Waals surface area contributed by atoms with Gasteiger partial charge in [0, 0.05) is 6.42 Å². The van der Waals surface area contributed by atoms with Gasteiger partial charge in [-0.25, -0.2) is 0 Å². The van der Waals surface area contributed by atoms with Crippen molar-refractivity contribution in [3.63, 3.8) is 0 Å². The van der Waals surface area contributed by atoms with Crippen LogP contribution < -0.4 is 5.32 Å². The zero-order valence-electron chi connectivity index (χ0n) is 43.4. The maximum Gasteiger partial charge on any atom is 0.306 e. The van der Waals surface area contributed by atoms with Crippen molar-refractivity contribution in [2.75, 3.05) is 13.2 Å². The molecule has 1 aliphatic heterocycles. The molecule has 11 heteroatoms. The number of carbonyl (C=O) groups excluding carboxylic acids is 2. The van der Waals surface area contributed by atoms with E-state index in [1.807, 2.05) is 42.5 Å². The smallest absolute Gasteiger partial charge is 0.306 e. The molecule has 6 N–H and O–H groups in total. The van der Waals surface area contributed by atoms with Crippen molar-refractivity contribution in [1.82, 2.24) is 5.32 Å². The number of aliphatic hydroxyl groups is 5. The maximum atomic E-state index is 13.3. The lowest BCUT2D eigenvalue weighted by molar-refractivity contribution is -0.305. The second-order valence-corrected chi connectivity index (χ2v) is 18.7. The Morgan fingerprint density at radius 3 is 1.61 bits per heavy atom. The summed E-state index contributed by atoms with van der Waals surface area (Å²) >= 11 is 0. The predicted octanol–water partition coefficient (Wildman–Crippen LogP) is 11.8. The Bertz CT molecular complexity index is 1440. The molecule has 69 heavy (non-hydrogen) atoms. The number of ether oxygens (including phenoxy) is 3. The van der Waals surface area contributed by atoms with E-state index in [0.717, 1.165) is 83.5 Å². The molecule has 8 atom stereocenters. The monoisotopic (exact) mass is 970 g/mol. The van der Waals surface area contributed by atoms with Crippen molar-refractivity contribution >= 4 is 11.9 Å². The molecule has 0 aromatic rings. The highest BCUT2D eigenvalue weighted by atomic mass is 16.7. The lowest BCUT2D eigenvalue weighted by Crippen LogP contribution is -2.61. The summed E-state index contributed by atoms with van der Waals surface area (Å²) in [7, 11) is 0. The average Bonchev–Trinajstić information content (AvgIpc) is 3.34. The fourth-order valence-electron chi connectivity index (χ4n) is 8.00. The first-order valence-electron chi connectivity index (χ1n) is 27.4. The molecule has 0 radical (unpaired) electrons. The summed E-state index contributed by atoms with van der Waals surface area (Å²) in [6.45, 7) is 5.55. The number of allylic oxidation sites excluding steroid dienone is 13. The first-order chi connectivity index (χ1) is 33.7. The minimum atomic E-state index is -1.63. The largest absolute Gasteiger partial charge is 0.454 e. The van der Waals surface area contributed by atoms with E-state index in [2.05, 4.69) is 62.5 Å². The molecule has 0 aliphatic carbocycles. The van der Waals surface area contributed by atoms with Gasteiger partial charge >= 0.3 is 5.97 Å². The van der Waals surface area contributed by atoms with E-state index in [0.29, 0.717) is 12.8 Å². The van der Waals surface area contributed by atoms with E-state index in [1.165, 1.54) is 77.0 Å². The van der Waals surface area contributed by atoms with Gasteiger partial charge in [-0.05, 0) is 70.6 Å². The highest BCUT2D eigenvalue weighted by Gasteiger charge is 2.47. The molecule has 1 fully saturated rings. The van der Waals surface area contributed by atoms with Gasteiger partial charge in [0.05, 0.1) is 25.4 Å². The second-order valence-electron chi connectivity index (χ2n) is 18.7. The van der Waals surface area contributed by atoms with Crippen LogP contribution in [0.4, 0.5) is 0 Å². The Kier molecular flexibility index (Phi) is 42.5. The van der Waals surface area contributed by atoms with E-state index in [1.54, 1.807) is 6.08 Å². The van der Waals surface area contributed by atoms with E-state index in [4.69, 9.17) is 14.2 Å². The van der Waals surface area contributed by atoms with Gasteiger partial charge in [0.1, 0.15) is 24.4 Å². The third kappa shape index (κ3) is 34.7. The normalized spacial score (nSPS) is 20.5. The first kappa shape index (κ1) is 63.9. The van der Waals surface area contributed by atoms with Crippen LogP contribution in [-0.4, -0.2) is 99.6 Å². The number of hydrogen-bond donors (Lipinski definition) is 6. The summed E-state index contributed by atoms with van der Waals surface area (Å²) in [5.74, 6) is -1.26. The Hall–Kier alpha value is -3.16. The fraction of sp³-hybridized carbons (Fsp3) is 0.724. The maximum absolute atomic E-state index is 13.3. The van der Waals surface area contributed by atoms with Crippen LogP contribution in [0.5, 0.6) is 0 Å². The number of unbranched alkanes of at least 4 members (excludes halogenated alkanes) is 22. The van der Waals surface area contributed by atoms with E-state index >= 15 is 0 Å². The molecule has 0 bridgehead atoms. The van der Waals surface area contributed by atoms with Gasteiger partial charge < -0.3 is 45.1 Å². The molecule has 8 unspecified atom stereocenters. The minimum Gasteiger partial charge on any atom is -0.454 e. The lowest BCUT2D eigenvalue weighted by Gasteiger charge is -2.41. The van der Waals surface area contributed by atoms with Crippen molar-refractivity contribution in [3.05, 3.63) is 85.1 Å². The van der Waals surface area contributed by atoms with Crippen LogP contribution >= 0.6 is 0 Å². The highest BCUT2D eigenvalue weighted by molar-refractivity contribution is 5.80. The Morgan fingerprint density at radius 2 is 1.04 bits per heavy atom. The number of esters is 1. The molecule has 1 heterocycles. The Labute approximate surface area is 419 Å². The van der Waals surface area contributed by atoms with Crippen LogP contribution in [0.1, 0.15) is 207 Å². The fourth-order valence-corrected chi connectivity index (χ4v) is 8.00. The van der Waals surface area contributed by atoms with Gasteiger partial charge in [-0.3, -0.25) is 9.59 Å². The number of nitrogens with one attached hydrogen (secondary N) is 1. The molecular formula is C58H99NO10. The summed E-state index contributed by atoms with van der Waals surface area (Å²) in [6, 6.07) is -1.04. The summed E-state index contributed by atoms with van der Waals surface area (Å²) in [6.07, 6.45) is 47.7. The van der Waals surface area contributed by atoms with Crippen LogP contribution in [0.15, 0.2) is 85.1 Å². The third-order valence-electron chi connectivity index (χ3n) is 12.4. The van der Waals surface area contributed by atoms with Gasteiger partial charge in [0.25, 0.3) is 0 Å². The third-order valence-corrected chi connectivity index (χ3v) is 12.4. The van der Waals surface area contributed by atoms with Gasteiger partial charge in [-0.15, -0.1) is 0 Å².